The summed E-state index contributed by atoms with van der Waals surface area (Å²) >= 11 is 3.19. The lowest BCUT2D eigenvalue weighted by Gasteiger charge is -2.10. The van der Waals surface area contributed by atoms with Gasteiger partial charge >= 0.3 is 0 Å². The van der Waals surface area contributed by atoms with Crippen LogP contribution in [0.5, 0.6) is 11.5 Å². The van der Waals surface area contributed by atoms with Gasteiger partial charge in [-0.25, -0.2) is 4.39 Å². The van der Waals surface area contributed by atoms with Gasteiger partial charge in [-0.15, -0.1) is 0 Å². The highest BCUT2D eigenvalue weighted by Crippen LogP contribution is 2.25. The summed E-state index contributed by atoms with van der Waals surface area (Å²) in [7, 11) is 1.62. The van der Waals surface area contributed by atoms with E-state index in [2.05, 4.69) is 21.2 Å². The van der Waals surface area contributed by atoms with Gasteiger partial charge in [0, 0.05) is 6.54 Å². The molecule has 23 heavy (non-hydrogen) atoms. The third-order valence-corrected chi connectivity index (χ3v) is 3.78. The van der Waals surface area contributed by atoms with Gasteiger partial charge in [-0.05, 0) is 52.2 Å². The summed E-state index contributed by atoms with van der Waals surface area (Å²) in [5, 5.41) is 2.77. The summed E-state index contributed by atoms with van der Waals surface area (Å²) in [6.45, 7) is 0.351. The largest absolute Gasteiger partial charge is 0.496 e. The Hall–Kier alpha value is -2.08. The summed E-state index contributed by atoms with van der Waals surface area (Å²) in [5.41, 5.74) is 1.03. The lowest BCUT2D eigenvalue weighted by atomic mass is 10.1. The molecule has 0 bridgehead atoms. The Morgan fingerprint density at radius 2 is 2.00 bits per heavy atom. The fourth-order valence-corrected chi connectivity index (χ4v) is 2.50. The maximum absolute atomic E-state index is 13.0. The van der Waals surface area contributed by atoms with Crippen molar-refractivity contribution >= 4 is 21.8 Å². The van der Waals surface area contributed by atoms with Crippen molar-refractivity contribution in [2.75, 3.05) is 20.3 Å². The second kappa shape index (κ2) is 8.53. The number of hydrogen-bond donors (Lipinski definition) is 1. The molecule has 4 nitrogen and oxygen atoms in total. The maximum Gasteiger partial charge on any atom is 0.257 e. The third kappa shape index (κ3) is 5.25. The Morgan fingerprint density at radius 1 is 1.22 bits per heavy atom. The standard InChI is InChI=1S/C17H17BrFNO3/c1-22-15-5-3-2-4-12(15)8-9-20-17(21)11-23-16-7-6-13(19)10-14(16)18/h2-7,10H,8-9,11H2,1H3,(H,20,21). The fourth-order valence-electron chi connectivity index (χ4n) is 2.03. The maximum atomic E-state index is 13.0. The van der Waals surface area contributed by atoms with E-state index in [4.69, 9.17) is 9.47 Å². The number of methoxy groups -OCH3 is 1. The van der Waals surface area contributed by atoms with Gasteiger partial charge in [-0.3, -0.25) is 4.79 Å². The van der Waals surface area contributed by atoms with E-state index in [1.165, 1.54) is 18.2 Å². The normalized spacial score (nSPS) is 10.2. The molecule has 122 valence electrons. The second-order valence-corrected chi connectivity index (χ2v) is 5.63. The lowest BCUT2D eigenvalue weighted by Crippen LogP contribution is -2.30. The van der Waals surface area contributed by atoms with Crippen LogP contribution in [-0.2, 0) is 11.2 Å². The number of para-hydroxylation sites is 1. The molecule has 2 rings (SSSR count). The number of nitrogens with one attached hydrogen (secondary N) is 1. The number of hydrogen-bond acceptors (Lipinski definition) is 3. The molecule has 0 saturated carbocycles. The van der Waals surface area contributed by atoms with Gasteiger partial charge in [0.25, 0.3) is 5.91 Å². The van der Waals surface area contributed by atoms with Gasteiger partial charge in [-0.2, -0.15) is 0 Å². The van der Waals surface area contributed by atoms with Crippen LogP contribution in [-0.4, -0.2) is 26.2 Å². The summed E-state index contributed by atoms with van der Waals surface area (Å²) in [6.07, 6.45) is 0.663. The van der Waals surface area contributed by atoms with Crippen molar-refractivity contribution in [2.45, 2.75) is 6.42 Å². The van der Waals surface area contributed by atoms with Crippen LogP contribution in [0.2, 0.25) is 0 Å². The minimum Gasteiger partial charge on any atom is -0.496 e. The van der Waals surface area contributed by atoms with Crippen molar-refractivity contribution < 1.29 is 18.7 Å². The Labute approximate surface area is 142 Å². The van der Waals surface area contributed by atoms with Crippen LogP contribution in [0.3, 0.4) is 0 Å². The predicted octanol–water partition coefficient (Wildman–Crippen LogP) is 3.33. The summed E-state index contributed by atoms with van der Waals surface area (Å²) in [6, 6.07) is 11.7. The third-order valence-electron chi connectivity index (χ3n) is 3.16. The quantitative estimate of drug-likeness (QED) is 0.799. The van der Waals surface area contributed by atoms with Crippen molar-refractivity contribution in [3.05, 3.63) is 58.3 Å². The van der Waals surface area contributed by atoms with E-state index >= 15 is 0 Å². The Bertz CT molecular complexity index is 679. The molecule has 0 unspecified atom stereocenters. The Kier molecular flexibility index (Phi) is 6.40. The zero-order valence-electron chi connectivity index (χ0n) is 12.6. The van der Waals surface area contributed by atoms with Crippen LogP contribution in [0.4, 0.5) is 4.39 Å². The molecule has 0 heterocycles. The van der Waals surface area contributed by atoms with Crippen molar-refractivity contribution in [2.24, 2.45) is 0 Å². The molecule has 0 saturated heterocycles. The minimum absolute atomic E-state index is 0.129. The van der Waals surface area contributed by atoms with Crippen LogP contribution >= 0.6 is 15.9 Å². The van der Waals surface area contributed by atoms with E-state index in [1.807, 2.05) is 24.3 Å². The SMILES string of the molecule is COc1ccccc1CCNC(=O)COc1ccc(F)cc1Br. The molecule has 0 radical (unpaired) electrons. The van der Waals surface area contributed by atoms with Crippen LogP contribution in [0, 0.1) is 5.82 Å². The molecule has 0 aliphatic rings. The molecule has 0 aromatic heterocycles. The average Bonchev–Trinajstić information content (AvgIpc) is 2.54. The van der Waals surface area contributed by atoms with Crippen LogP contribution in [0.15, 0.2) is 46.9 Å². The van der Waals surface area contributed by atoms with Gasteiger partial charge in [0.15, 0.2) is 6.61 Å². The topological polar surface area (TPSA) is 47.6 Å². The number of rotatable bonds is 7. The molecule has 1 amide bonds. The van der Waals surface area contributed by atoms with Crippen molar-refractivity contribution in [3.63, 3.8) is 0 Å². The zero-order valence-corrected chi connectivity index (χ0v) is 14.2. The molecule has 2 aromatic carbocycles. The highest BCUT2D eigenvalue weighted by Gasteiger charge is 2.07. The van der Waals surface area contributed by atoms with E-state index in [0.29, 0.717) is 23.2 Å². The van der Waals surface area contributed by atoms with Crippen molar-refractivity contribution in [3.8, 4) is 11.5 Å². The summed E-state index contributed by atoms with van der Waals surface area (Å²) < 4.78 is 24.0. The number of amides is 1. The van der Waals surface area contributed by atoms with Crippen LogP contribution < -0.4 is 14.8 Å². The number of benzene rings is 2. The van der Waals surface area contributed by atoms with Gasteiger partial charge < -0.3 is 14.8 Å². The van der Waals surface area contributed by atoms with Crippen molar-refractivity contribution in [1.82, 2.24) is 5.32 Å². The number of carbonyl (C=O) groups excluding carboxylic acids is 1. The molecular formula is C17H17BrFNO3. The molecule has 6 heteroatoms. The van der Waals surface area contributed by atoms with E-state index in [9.17, 15) is 9.18 Å². The summed E-state index contributed by atoms with van der Waals surface area (Å²) in [5.74, 6) is 0.612. The molecule has 1 N–H and O–H groups in total. The highest BCUT2D eigenvalue weighted by molar-refractivity contribution is 9.10. The van der Waals surface area contributed by atoms with Crippen LogP contribution in [0.1, 0.15) is 5.56 Å². The number of carbonyl (C=O) groups is 1. The van der Waals surface area contributed by atoms with Crippen molar-refractivity contribution in [1.29, 1.82) is 0 Å². The minimum atomic E-state index is -0.370. The van der Waals surface area contributed by atoms with Gasteiger partial charge in [0.05, 0.1) is 11.6 Å². The smallest absolute Gasteiger partial charge is 0.257 e. The Balaban J connectivity index is 1.77. The lowest BCUT2D eigenvalue weighted by molar-refractivity contribution is -0.123. The van der Waals surface area contributed by atoms with E-state index in [0.717, 1.165) is 11.3 Å². The van der Waals surface area contributed by atoms with Crippen LogP contribution in [0.25, 0.3) is 0 Å². The van der Waals surface area contributed by atoms with E-state index < -0.39 is 0 Å². The number of ether oxygens (including phenoxy) is 2. The Morgan fingerprint density at radius 3 is 2.74 bits per heavy atom. The first-order valence-corrected chi connectivity index (χ1v) is 7.86. The summed E-state index contributed by atoms with van der Waals surface area (Å²) in [4.78, 5) is 11.8. The second-order valence-electron chi connectivity index (χ2n) is 4.78. The van der Waals surface area contributed by atoms with Gasteiger partial charge in [0.1, 0.15) is 17.3 Å². The van der Waals surface area contributed by atoms with Gasteiger partial charge in [-0.1, -0.05) is 18.2 Å². The zero-order chi connectivity index (χ0) is 16.7. The van der Waals surface area contributed by atoms with Gasteiger partial charge in [0.2, 0.25) is 0 Å². The molecule has 0 fully saturated rings. The predicted molar refractivity (Wildman–Crippen MR) is 89.3 cm³/mol. The van der Waals surface area contributed by atoms with E-state index in [-0.39, 0.29) is 18.3 Å². The molecule has 2 aromatic rings. The first kappa shape index (κ1) is 17.3. The molecule has 0 spiro atoms. The number of halogens is 2. The monoisotopic (exact) mass is 381 g/mol. The molecule has 0 atom stereocenters. The highest BCUT2D eigenvalue weighted by atomic mass is 79.9. The molecule has 0 aliphatic heterocycles. The molecule has 0 aliphatic carbocycles. The first-order chi connectivity index (χ1) is 11.1. The molecular weight excluding hydrogens is 365 g/mol. The first-order valence-electron chi connectivity index (χ1n) is 7.06. The fraction of sp³-hybridized carbons (Fsp3) is 0.235. The van der Waals surface area contributed by atoms with E-state index in [1.54, 1.807) is 7.11 Å². The average molecular weight is 382 g/mol.